The highest BCUT2D eigenvalue weighted by Gasteiger charge is 2.36. The molecule has 0 unspecified atom stereocenters. The van der Waals surface area contributed by atoms with Crippen LogP contribution in [0.2, 0.25) is 0 Å². The minimum absolute atomic E-state index is 0.137. The lowest BCUT2D eigenvalue weighted by atomic mass is 9.82. The lowest BCUT2D eigenvalue weighted by Crippen LogP contribution is -2.16. The number of anilines is 3. The Morgan fingerprint density at radius 3 is 1.52 bits per heavy atom. The van der Waals surface area contributed by atoms with E-state index < -0.39 is 0 Å². The molecular formula is C97H64N4S. The van der Waals surface area contributed by atoms with Gasteiger partial charge in [0, 0.05) is 81.0 Å². The van der Waals surface area contributed by atoms with Gasteiger partial charge in [-0.05, 0) is 173 Å². The minimum Gasteiger partial charge on any atom is -0.310 e. The van der Waals surface area contributed by atoms with Crippen molar-refractivity contribution < 1.29 is 0 Å². The number of aromatic nitrogens is 3. The molecule has 0 bridgehead atoms. The highest BCUT2D eigenvalue weighted by molar-refractivity contribution is 7.27. The normalized spacial score (nSPS) is 12.5. The third-order valence-corrected chi connectivity index (χ3v) is 22.7. The Kier molecular flexibility index (Phi) is 13.8. The number of para-hydroxylation sites is 1. The zero-order chi connectivity index (χ0) is 67.6. The van der Waals surface area contributed by atoms with E-state index >= 15 is 0 Å². The third-order valence-electron chi connectivity index (χ3n) is 21.4. The Bertz CT molecular complexity index is 6530. The first-order valence-electron chi connectivity index (χ1n) is 35.1. The summed E-state index contributed by atoms with van der Waals surface area (Å²) in [4.78, 5) is 12.9. The molecule has 5 heteroatoms. The number of hydrogen-bond acceptors (Lipinski definition) is 4. The van der Waals surface area contributed by atoms with Crippen LogP contribution in [0.4, 0.5) is 17.1 Å². The summed E-state index contributed by atoms with van der Waals surface area (Å²) in [7, 11) is 0. The van der Waals surface area contributed by atoms with Gasteiger partial charge >= 0.3 is 0 Å². The Morgan fingerprint density at radius 2 is 0.784 bits per heavy atom. The lowest BCUT2D eigenvalue weighted by molar-refractivity contribution is 0.660. The van der Waals surface area contributed by atoms with Crippen molar-refractivity contribution in [1.29, 1.82) is 0 Å². The van der Waals surface area contributed by atoms with Crippen molar-refractivity contribution in [3.05, 3.63) is 363 Å². The smallest absolute Gasteiger partial charge is 0.0979 e. The zero-order valence-corrected chi connectivity index (χ0v) is 57.0. The molecule has 0 N–H and O–H groups in total. The standard InChI is InChI=1S/C97H64N4S/c1-97(2)87-38-17-16-33-79(87)80-51-49-74(59-88(80)97)100(72-45-39-62(40-46-72)61-21-6-3-7-22-61)73-47-41-63(42-48-73)67-44-54-90-86(57-67)81-50-43-69(58-91(81)101(90)71-29-10-5-11-30-71)75-52-53-85-84-37-20-36-76(95(84)102-96(85)92(75)64-23-8-4-9-24-64)68-27-18-25-65(55-68)66-26-19-28-70(56-66)89-60-98-93-82-34-14-12-31-77(82)78-32-13-15-35-83(78)94(93)99-89/h3-60H,1-2H3. The van der Waals surface area contributed by atoms with Gasteiger partial charge in [-0.25, -0.2) is 4.98 Å². The molecule has 0 aliphatic heterocycles. The summed E-state index contributed by atoms with van der Waals surface area (Å²) in [6, 6.07) is 127. The molecule has 1 aliphatic carbocycles. The molecule has 0 radical (unpaired) electrons. The Labute approximate surface area is 595 Å². The number of fused-ring (bicyclic) bond motifs is 15. The molecule has 0 saturated carbocycles. The van der Waals surface area contributed by atoms with Crippen molar-refractivity contribution in [3.63, 3.8) is 0 Å². The number of benzene rings is 16. The molecule has 0 atom stereocenters. The molecule has 1 aliphatic rings. The van der Waals surface area contributed by atoms with Crippen LogP contribution in [0.5, 0.6) is 0 Å². The summed E-state index contributed by atoms with van der Waals surface area (Å²) in [5, 5.41) is 9.53. The average molecular weight is 1320 g/mol. The van der Waals surface area contributed by atoms with Crippen LogP contribution in [0.25, 0.3) is 169 Å². The molecule has 0 spiro atoms. The van der Waals surface area contributed by atoms with Crippen LogP contribution < -0.4 is 4.90 Å². The van der Waals surface area contributed by atoms with Crippen LogP contribution in [0.15, 0.2) is 352 Å². The maximum atomic E-state index is 5.36. The first-order valence-corrected chi connectivity index (χ1v) is 35.9. The molecule has 0 saturated heterocycles. The Hall–Kier alpha value is -12.8. The maximum Gasteiger partial charge on any atom is 0.0979 e. The topological polar surface area (TPSA) is 34.0 Å². The third kappa shape index (κ3) is 9.64. The lowest BCUT2D eigenvalue weighted by Gasteiger charge is -2.28. The number of hydrogen-bond donors (Lipinski definition) is 0. The summed E-state index contributed by atoms with van der Waals surface area (Å²) in [6.45, 7) is 4.72. The molecule has 16 aromatic carbocycles. The monoisotopic (exact) mass is 1320 g/mol. The fourth-order valence-corrected chi connectivity index (χ4v) is 17.9. The van der Waals surface area contributed by atoms with Gasteiger partial charge in [0.15, 0.2) is 0 Å². The molecule has 478 valence electrons. The predicted octanol–water partition coefficient (Wildman–Crippen LogP) is 26.8. The van der Waals surface area contributed by atoms with Crippen molar-refractivity contribution in [2.75, 3.05) is 4.90 Å². The summed E-state index contributed by atoms with van der Waals surface area (Å²) < 4.78 is 4.99. The first kappa shape index (κ1) is 59.3. The molecule has 19 aromatic rings. The van der Waals surface area contributed by atoms with Crippen LogP contribution in [-0.2, 0) is 5.41 Å². The summed E-state index contributed by atoms with van der Waals surface area (Å²) >= 11 is 1.90. The minimum atomic E-state index is -0.137. The fraction of sp³-hybridized carbons (Fsp3) is 0.0309. The molecule has 20 rings (SSSR count). The van der Waals surface area contributed by atoms with Crippen LogP contribution in [-0.4, -0.2) is 14.5 Å². The van der Waals surface area contributed by atoms with E-state index in [1.165, 1.54) is 114 Å². The van der Waals surface area contributed by atoms with Gasteiger partial charge in [0.05, 0.1) is 34.0 Å². The quantitative estimate of drug-likeness (QED) is 0.121. The van der Waals surface area contributed by atoms with Gasteiger partial charge in [-0.1, -0.05) is 281 Å². The zero-order valence-electron chi connectivity index (χ0n) is 56.2. The van der Waals surface area contributed by atoms with Crippen molar-refractivity contribution in [1.82, 2.24) is 14.5 Å². The second-order valence-electron chi connectivity index (χ2n) is 27.6. The van der Waals surface area contributed by atoms with E-state index in [0.29, 0.717) is 0 Å². The molecule has 0 fully saturated rings. The largest absolute Gasteiger partial charge is 0.310 e. The van der Waals surface area contributed by atoms with E-state index in [0.717, 1.165) is 83.5 Å². The van der Waals surface area contributed by atoms with Crippen LogP contribution >= 0.6 is 11.3 Å². The fourth-order valence-electron chi connectivity index (χ4n) is 16.4. The molecule has 3 heterocycles. The van der Waals surface area contributed by atoms with Gasteiger partial charge in [-0.2, -0.15) is 0 Å². The van der Waals surface area contributed by atoms with Gasteiger partial charge in [0.1, 0.15) is 0 Å². The second-order valence-corrected chi connectivity index (χ2v) is 28.6. The van der Waals surface area contributed by atoms with Crippen LogP contribution in [0, 0.1) is 0 Å². The van der Waals surface area contributed by atoms with Gasteiger partial charge in [0.2, 0.25) is 0 Å². The SMILES string of the molecule is CC1(C)c2ccccc2-c2ccc(N(c3ccc(-c4ccccc4)cc3)c3ccc(-c4ccc5c(c4)c4ccc(-c6ccc7c(sc8c(-c9cccc(-c%10cccc(-c%11cnc%12c%13ccccc%13c%13ccccc%13c%12n%11)c%10)c9)cccc87)c6-c6ccccc6)cc4n5-c4ccccc4)cc3)cc21. The molecular weight excluding hydrogens is 1250 g/mol. The Balaban J connectivity index is 0.665. The van der Waals surface area contributed by atoms with E-state index in [-0.39, 0.29) is 5.41 Å². The van der Waals surface area contributed by atoms with Crippen molar-refractivity contribution in [2.24, 2.45) is 0 Å². The maximum absolute atomic E-state index is 5.36. The van der Waals surface area contributed by atoms with Crippen LogP contribution in [0.1, 0.15) is 25.0 Å². The summed E-state index contributed by atoms with van der Waals surface area (Å²) in [5.74, 6) is 0. The number of nitrogens with zero attached hydrogens (tertiary/aromatic N) is 4. The highest BCUT2D eigenvalue weighted by Crippen LogP contribution is 2.53. The van der Waals surface area contributed by atoms with Gasteiger partial charge in [-0.3, -0.25) is 4.98 Å². The van der Waals surface area contributed by atoms with Crippen molar-refractivity contribution >= 4 is 103 Å². The van der Waals surface area contributed by atoms with Crippen molar-refractivity contribution in [2.45, 2.75) is 19.3 Å². The molecule has 0 amide bonds. The molecule has 4 nitrogen and oxygen atoms in total. The summed E-state index contributed by atoms with van der Waals surface area (Å²) in [5.41, 5.74) is 29.9. The number of thiophene rings is 1. The van der Waals surface area contributed by atoms with E-state index in [4.69, 9.17) is 9.97 Å². The first-order chi connectivity index (χ1) is 50.3. The molecule has 3 aromatic heterocycles. The Morgan fingerprint density at radius 1 is 0.294 bits per heavy atom. The van der Waals surface area contributed by atoms with Crippen LogP contribution in [0.3, 0.4) is 0 Å². The second kappa shape index (κ2) is 23.7. The van der Waals surface area contributed by atoms with E-state index in [2.05, 4.69) is 369 Å². The average Bonchev–Trinajstić information content (AvgIpc) is 1.61. The van der Waals surface area contributed by atoms with E-state index in [1.54, 1.807) is 0 Å². The molecule has 102 heavy (non-hydrogen) atoms. The van der Waals surface area contributed by atoms with E-state index in [9.17, 15) is 0 Å². The predicted molar refractivity (Wildman–Crippen MR) is 432 cm³/mol. The van der Waals surface area contributed by atoms with Gasteiger partial charge < -0.3 is 9.47 Å². The van der Waals surface area contributed by atoms with Crippen molar-refractivity contribution in [3.8, 4) is 94.8 Å². The van der Waals surface area contributed by atoms with Gasteiger partial charge in [-0.15, -0.1) is 11.3 Å². The van der Waals surface area contributed by atoms with E-state index in [1.807, 2.05) is 17.5 Å². The highest BCUT2D eigenvalue weighted by atomic mass is 32.1. The summed E-state index contributed by atoms with van der Waals surface area (Å²) in [6.07, 6.45) is 1.94. The number of rotatable bonds is 11. The van der Waals surface area contributed by atoms with Gasteiger partial charge in [0.25, 0.3) is 0 Å².